The summed E-state index contributed by atoms with van der Waals surface area (Å²) in [6.07, 6.45) is 0. The fraction of sp³-hybridized carbons (Fsp3) is 0.190. The maximum atomic E-state index is 12.4. The predicted octanol–water partition coefficient (Wildman–Crippen LogP) is 5.86. The van der Waals surface area contributed by atoms with Crippen LogP contribution >= 0.6 is 22.9 Å². The van der Waals surface area contributed by atoms with E-state index in [9.17, 15) is 4.79 Å². The second-order valence-corrected chi connectivity index (χ2v) is 7.50. The number of amides is 1. The van der Waals surface area contributed by atoms with Crippen LogP contribution in [0.25, 0.3) is 0 Å². The molecular weight excluding hydrogens is 382 g/mol. The molecule has 0 fully saturated rings. The Labute approximate surface area is 167 Å². The molecule has 6 heteroatoms. The molecule has 3 rings (SSSR count). The SMILES string of the molecule is COc1cc(C)ccc1OCc1csc(C(=O)Nc2ccc(C)c(Cl)c2)c1. The summed E-state index contributed by atoms with van der Waals surface area (Å²) in [4.78, 5) is 13.0. The van der Waals surface area contributed by atoms with Crippen LogP contribution in [0.15, 0.2) is 47.8 Å². The van der Waals surface area contributed by atoms with Crippen LogP contribution in [0.4, 0.5) is 5.69 Å². The number of halogens is 1. The molecule has 2 aromatic carbocycles. The van der Waals surface area contributed by atoms with Crippen molar-refractivity contribution in [2.45, 2.75) is 20.5 Å². The van der Waals surface area contributed by atoms with Gasteiger partial charge in [-0.2, -0.15) is 0 Å². The van der Waals surface area contributed by atoms with E-state index in [1.807, 2.05) is 55.6 Å². The summed E-state index contributed by atoms with van der Waals surface area (Å²) >= 11 is 7.48. The average Bonchev–Trinajstić information content (AvgIpc) is 3.13. The Bertz CT molecular complexity index is 968. The Morgan fingerprint density at radius 3 is 2.67 bits per heavy atom. The van der Waals surface area contributed by atoms with Gasteiger partial charge in [-0.1, -0.05) is 23.7 Å². The van der Waals surface area contributed by atoms with Crippen molar-refractivity contribution in [1.29, 1.82) is 0 Å². The summed E-state index contributed by atoms with van der Waals surface area (Å²) in [7, 11) is 1.62. The zero-order valence-corrected chi connectivity index (χ0v) is 16.9. The Kier molecular flexibility index (Phi) is 6.04. The van der Waals surface area contributed by atoms with Crippen LogP contribution in [-0.4, -0.2) is 13.0 Å². The molecule has 0 saturated heterocycles. The zero-order chi connectivity index (χ0) is 19.4. The van der Waals surface area contributed by atoms with E-state index < -0.39 is 0 Å². The van der Waals surface area contributed by atoms with Crippen molar-refractivity contribution in [3.8, 4) is 11.5 Å². The first-order chi connectivity index (χ1) is 13.0. The van der Waals surface area contributed by atoms with E-state index >= 15 is 0 Å². The van der Waals surface area contributed by atoms with Gasteiger partial charge in [-0.05, 0) is 60.7 Å². The normalized spacial score (nSPS) is 10.5. The van der Waals surface area contributed by atoms with Crippen LogP contribution in [0.2, 0.25) is 5.02 Å². The number of aryl methyl sites for hydroxylation is 2. The van der Waals surface area contributed by atoms with Crippen LogP contribution in [0, 0.1) is 13.8 Å². The molecule has 0 aliphatic rings. The Morgan fingerprint density at radius 1 is 1.11 bits per heavy atom. The van der Waals surface area contributed by atoms with Gasteiger partial charge in [-0.3, -0.25) is 4.79 Å². The molecule has 0 unspecified atom stereocenters. The molecule has 27 heavy (non-hydrogen) atoms. The number of hydrogen-bond acceptors (Lipinski definition) is 4. The first-order valence-corrected chi connectivity index (χ1v) is 9.64. The zero-order valence-electron chi connectivity index (χ0n) is 15.3. The summed E-state index contributed by atoms with van der Waals surface area (Å²) in [5, 5.41) is 5.40. The first kappa shape index (κ1) is 19.3. The van der Waals surface area contributed by atoms with Crippen LogP contribution in [0.3, 0.4) is 0 Å². The number of carbonyl (C=O) groups is 1. The summed E-state index contributed by atoms with van der Waals surface area (Å²) in [6.45, 7) is 4.28. The van der Waals surface area contributed by atoms with E-state index in [4.69, 9.17) is 21.1 Å². The van der Waals surface area contributed by atoms with Crippen LogP contribution in [-0.2, 0) is 6.61 Å². The number of methoxy groups -OCH3 is 1. The average molecular weight is 402 g/mol. The van der Waals surface area contributed by atoms with Gasteiger partial charge in [-0.15, -0.1) is 11.3 Å². The number of anilines is 1. The van der Waals surface area contributed by atoms with Gasteiger partial charge in [0.2, 0.25) is 0 Å². The Hall–Kier alpha value is -2.50. The van der Waals surface area contributed by atoms with Gasteiger partial charge in [0.25, 0.3) is 5.91 Å². The van der Waals surface area contributed by atoms with Crippen molar-refractivity contribution in [2.75, 3.05) is 12.4 Å². The van der Waals surface area contributed by atoms with Crippen molar-refractivity contribution in [1.82, 2.24) is 0 Å². The number of ether oxygens (including phenoxy) is 2. The quantitative estimate of drug-likeness (QED) is 0.562. The number of carbonyl (C=O) groups excluding carboxylic acids is 1. The van der Waals surface area contributed by atoms with Crippen molar-refractivity contribution >= 4 is 34.5 Å². The fourth-order valence-electron chi connectivity index (χ4n) is 2.49. The minimum atomic E-state index is -0.168. The van der Waals surface area contributed by atoms with Crippen molar-refractivity contribution in [2.24, 2.45) is 0 Å². The first-order valence-electron chi connectivity index (χ1n) is 8.38. The molecule has 1 amide bonds. The van der Waals surface area contributed by atoms with E-state index in [0.717, 1.165) is 16.7 Å². The Balaban J connectivity index is 1.64. The highest BCUT2D eigenvalue weighted by molar-refractivity contribution is 7.12. The standard InChI is InChI=1S/C21H20ClNO3S/c1-13-4-7-18(19(8-13)25-3)26-11-15-9-20(27-12-15)21(24)23-16-6-5-14(2)17(22)10-16/h4-10,12H,11H2,1-3H3,(H,23,24). The highest BCUT2D eigenvalue weighted by Gasteiger charge is 2.11. The molecule has 0 saturated carbocycles. The second kappa shape index (κ2) is 8.46. The third-order valence-electron chi connectivity index (χ3n) is 4.02. The minimum absolute atomic E-state index is 0.168. The van der Waals surface area contributed by atoms with Gasteiger partial charge in [0.05, 0.1) is 12.0 Å². The molecule has 4 nitrogen and oxygen atoms in total. The topological polar surface area (TPSA) is 47.6 Å². The highest BCUT2D eigenvalue weighted by Crippen LogP contribution is 2.29. The minimum Gasteiger partial charge on any atom is -0.493 e. The Morgan fingerprint density at radius 2 is 1.93 bits per heavy atom. The van der Waals surface area contributed by atoms with Gasteiger partial charge in [0.15, 0.2) is 11.5 Å². The van der Waals surface area contributed by atoms with Crippen LogP contribution < -0.4 is 14.8 Å². The van der Waals surface area contributed by atoms with Gasteiger partial charge in [0.1, 0.15) is 6.61 Å². The summed E-state index contributed by atoms with van der Waals surface area (Å²) in [6, 6.07) is 13.1. The monoisotopic (exact) mass is 401 g/mol. The smallest absolute Gasteiger partial charge is 0.265 e. The van der Waals surface area contributed by atoms with Gasteiger partial charge < -0.3 is 14.8 Å². The van der Waals surface area contributed by atoms with Gasteiger partial charge in [0, 0.05) is 16.3 Å². The van der Waals surface area contributed by atoms with Crippen LogP contribution in [0.1, 0.15) is 26.4 Å². The van der Waals surface area contributed by atoms with Crippen molar-refractivity contribution in [3.05, 3.63) is 74.4 Å². The number of rotatable bonds is 6. The number of benzene rings is 2. The molecule has 1 heterocycles. The van der Waals surface area contributed by atoms with E-state index in [1.54, 1.807) is 13.2 Å². The lowest BCUT2D eigenvalue weighted by Crippen LogP contribution is -2.10. The molecule has 3 aromatic rings. The lowest BCUT2D eigenvalue weighted by molar-refractivity contribution is 0.103. The van der Waals surface area contributed by atoms with E-state index in [-0.39, 0.29) is 5.91 Å². The van der Waals surface area contributed by atoms with Crippen molar-refractivity contribution in [3.63, 3.8) is 0 Å². The van der Waals surface area contributed by atoms with Gasteiger partial charge >= 0.3 is 0 Å². The molecule has 0 radical (unpaired) electrons. The third kappa shape index (κ3) is 4.81. The summed E-state index contributed by atoms with van der Waals surface area (Å²) in [5.41, 5.74) is 3.67. The molecule has 140 valence electrons. The van der Waals surface area contributed by atoms with Crippen LogP contribution in [0.5, 0.6) is 11.5 Å². The maximum absolute atomic E-state index is 12.4. The molecule has 0 aliphatic heterocycles. The predicted molar refractivity (Wildman–Crippen MR) is 111 cm³/mol. The number of nitrogens with one attached hydrogen (secondary N) is 1. The molecule has 0 bridgehead atoms. The largest absolute Gasteiger partial charge is 0.493 e. The number of hydrogen-bond donors (Lipinski definition) is 1. The summed E-state index contributed by atoms with van der Waals surface area (Å²) < 4.78 is 11.2. The third-order valence-corrected chi connectivity index (χ3v) is 5.41. The molecule has 0 aliphatic carbocycles. The van der Waals surface area contributed by atoms with Gasteiger partial charge in [-0.25, -0.2) is 0 Å². The van der Waals surface area contributed by atoms with Crippen molar-refractivity contribution < 1.29 is 14.3 Å². The van der Waals surface area contributed by atoms with E-state index in [2.05, 4.69) is 5.32 Å². The maximum Gasteiger partial charge on any atom is 0.265 e. The molecule has 0 spiro atoms. The lowest BCUT2D eigenvalue weighted by atomic mass is 10.2. The molecule has 0 atom stereocenters. The summed E-state index contributed by atoms with van der Waals surface area (Å²) in [5.74, 6) is 1.20. The number of thiophene rings is 1. The van der Waals surface area contributed by atoms with E-state index in [1.165, 1.54) is 11.3 Å². The van der Waals surface area contributed by atoms with E-state index in [0.29, 0.717) is 33.7 Å². The second-order valence-electron chi connectivity index (χ2n) is 6.18. The molecule has 1 N–H and O–H groups in total. The lowest BCUT2D eigenvalue weighted by Gasteiger charge is -2.10. The molecule has 1 aromatic heterocycles. The molecular formula is C21H20ClNO3S. The highest BCUT2D eigenvalue weighted by atomic mass is 35.5. The fourth-order valence-corrected chi connectivity index (χ4v) is 3.46.